The molecule has 0 radical (unpaired) electrons. The summed E-state index contributed by atoms with van der Waals surface area (Å²) in [6.45, 7) is 0. The Balaban J connectivity index is 1.52. The predicted molar refractivity (Wildman–Crippen MR) is 129 cm³/mol. The lowest BCUT2D eigenvalue weighted by Gasteiger charge is -2.05. The van der Waals surface area contributed by atoms with Crippen molar-refractivity contribution >= 4 is 57.9 Å². The molecule has 0 saturated heterocycles. The van der Waals surface area contributed by atoms with E-state index in [0.29, 0.717) is 15.7 Å². The van der Waals surface area contributed by atoms with Crippen LogP contribution >= 0.6 is 46.3 Å². The molecule has 0 atom stereocenters. The number of thioether (sulfide) groups is 1. The van der Waals surface area contributed by atoms with Crippen molar-refractivity contribution in [3.05, 3.63) is 88.9 Å². The first kappa shape index (κ1) is 20.9. The van der Waals surface area contributed by atoms with Gasteiger partial charge in [-0.25, -0.2) is 4.98 Å². The molecule has 0 spiro atoms. The SMILES string of the molecule is O=C(CSc1nc(-c2ccccc2)c(-c2ccccc2)s1)Nc1ccc(Cl)c(Cl)c1. The lowest BCUT2D eigenvalue weighted by Crippen LogP contribution is -2.13. The summed E-state index contributed by atoms with van der Waals surface area (Å²) >= 11 is 14.9. The number of carbonyl (C=O) groups excluding carboxylic acids is 1. The number of anilines is 1. The van der Waals surface area contributed by atoms with Crippen molar-refractivity contribution in [3.8, 4) is 21.7 Å². The van der Waals surface area contributed by atoms with E-state index in [1.54, 1.807) is 29.5 Å². The molecule has 0 aliphatic heterocycles. The third kappa shape index (κ3) is 5.05. The average molecular weight is 471 g/mol. The fourth-order valence-corrected chi connectivity index (χ4v) is 5.11. The molecule has 1 heterocycles. The van der Waals surface area contributed by atoms with E-state index in [9.17, 15) is 4.79 Å². The predicted octanol–water partition coefficient (Wildman–Crippen LogP) is 7.51. The molecule has 30 heavy (non-hydrogen) atoms. The van der Waals surface area contributed by atoms with Gasteiger partial charge in [-0.3, -0.25) is 4.79 Å². The second kappa shape index (κ2) is 9.67. The van der Waals surface area contributed by atoms with Crippen LogP contribution in [0.5, 0.6) is 0 Å². The molecule has 150 valence electrons. The largest absolute Gasteiger partial charge is 0.325 e. The molecular formula is C23H16Cl2N2OS2. The maximum Gasteiger partial charge on any atom is 0.234 e. The summed E-state index contributed by atoms with van der Waals surface area (Å²) in [6.07, 6.45) is 0. The van der Waals surface area contributed by atoms with Crippen LogP contribution in [0.2, 0.25) is 10.0 Å². The summed E-state index contributed by atoms with van der Waals surface area (Å²) in [4.78, 5) is 18.3. The van der Waals surface area contributed by atoms with Gasteiger partial charge in [0, 0.05) is 11.3 Å². The first-order valence-corrected chi connectivity index (χ1v) is 11.7. The number of carbonyl (C=O) groups is 1. The van der Waals surface area contributed by atoms with Crippen LogP contribution in [0.25, 0.3) is 21.7 Å². The number of rotatable bonds is 6. The monoisotopic (exact) mass is 470 g/mol. The highest BCUT2D eigenvalue weighted by atomic mass is 35.5. The molecule has 4 aromatic rings. The Hall–Kier alpha value is -2.31. The molecule has 3 aromatic carbocycles. The molecule has 0 bridgehead atoms. The van der Waals surface area contributed by atoms with Crippen molar-refractivity contribution in [1.29, 1.82) is 0 Å². The third-order valence-corrected chi connectivity index (χ3v) is 7.21. The van der Waals surface area contributed by atoms with Crippen LogP contribution in [0.15, 0.2) is 83.2 Å². The molecule has 1 N–H and O–H groups in total. The summed E-state index contributed by atoms with van der Waals surface area (Å²) < 4.78 is 0.844. The highest BCUT2D eigenvalue weighted by Crippen LogP contribution is 2.40. The van der Waals surface area contributed by atoms with E-state index >= 15 is 0 Å². The average Bonchev–Trinajstić information content (AvgIpc) is 3.21. The van der Waals surface area contributed by atoms with Gasteiger partial charge < -0.3 is 5.32 Å². The topological polar surface area (TPSA) is 42.0 Å². The lowest BCUT2D eigenvalue weighted by atomic mass is 10.1. The van der Waals surface area contributed by atoms with E-state index in [1.165, 1.54) is 11.8 Å². The van der Waals surface area contributed by atoms with Crippen LogP contribution in [0.1, 0.15) is 0 Å². The van der Waals surface area contributed by atoms with Gasteiger partial charge in [-0.05, 0) is 23.8 Å². The van der Waals surface area contributed by atoms with Gasteiger partial charge in [0.05, 0.1) is 26.4 Å². The van der Waals surface area contributed by atoms with E-state index in [4.69, 9.17) is 28.2 Å². The number of nitrogens with zero attached hydrogens (tertiary/aromatic N) is 1. The van der Waals surface area contributed by atoms with Gasteiger partial charge in [-0.2, -0.15) is 0 Å². The Bertz CT molecular complexity index is 1110. The number of thiazole rings is 1. The van der Waals surface area contributed by atoms with Gasteiger partial charge in [0.15, 0.2) is 4.34 Å². The van der Waals surface area contributed by atoms with Gasteiger partial charge in [0.1, 0.15) is 0 Å². The van der Waals surface area contributed by atoms with Crippen molar-refractivity contribution in [1.82, 2.24) is 4.98 Å². The molecule has 7 heteroatoms. The second-order valence-corrected chi connectivity index (χ2v) is 9.39. The van der Waals surface area contributed by atoms with Crippen LogP contribution in [-0.2, 0) is 4.79 Å². The molecule has 0 aliphatic rings. The van der Waals surface area contributed by atoms with Crippen molar-refractivity contribution in [3.63, 3.8) is 0 Å². The molecule has 1 amide bonds. The van der Waals surface area contributed by atoms with E-state index in [1.807, 2.05) is 48.5 Å². The zero-order valence-electron chi connectivity index (χ0n) is 15.6. The molecule has 4 rings (SSSR count). The van der Waals surface area contributed by atoms with Gasteiger partial charge in [-0.1, -0.05) is 95.6 Å². The fourth-order valence-electron chi connectivity index (χ4n) is 2.84. The molecule has 1 aromatic heterocycles. The van der Waals surface area contributed by atoms with E-state index < -0.39 is 0 Å². The van der Waals surface area contributed by atoms with Gasteiger partial charge in [-0.15, -0.1) is 11.3 Å². The van der Waals surface area contributed by atoms with Gasteiger partial charge in [0.2, 0.25) is 5.91 Å². The van der Waals surface area contributed by atoms with Crippen molar-refractivity contribution in [2.75, 3.05) is 11.1 Å². The van der Waals surface area contributed by atoms with Crippen LogP contribution in [-0.4, -0.2) is 16.6 Å². The van der Waals surface area contributed by atoms with Gasteiger partial charge >= 0.3 is 0 Å². The molecule has 0 unspecified atom stereocenters. The molecule has 0 aliphatic carbocycles. The Labute approximate surface area is 193 Å². The Morgan fingerprint density at radius 2 is 1.57 bits per heavy atom. The number of benzene rings is 3. The summed E-state index contributed by atoms with van der Waals surface area (Å²) in [5, 5.41) is 3.70. The maximum absolute atomic E-state index is 12.4. The zero-order valence-corrected chi connectivity index (χ0v) is 18.8. The number of amides is 1. The van der Waals surface area contributed by atoms with Crippen LogP contribution in [0, 0.1) is 0 Å². The minimum atomic E-state index is -0.129. The first-order chi connectivity index (χ1) is 14.6. The van der Waals surface area contributed by atoms with E-state index in [2.05, 4.69) is 17.4 Å². The van der Waals surface area contributed by atoms with Crippen LogP contribution in [0.3, 0.4) is 0 Å². The molecule has 3 nitrogen and oxygen atoms in total. The van der Waals surface area contributed by atoms with E-state index in [-0.39, 0.29) is 11.7 Å². The van der Waals surface area contributed by atoms with Crippen molar-refractivity contribution in [2.24, 2.45) is 0 Å². The smallest absolute Gasteiger partial charge is 0.234 e. The standard InChI is InChI=1S/C23H16Cl2N2OS2/c24-18-12-11-17(13-19(18)25)26-20(28)14-29-23-27-21(15-7-3-1-4-8-15)22(30-23)16-9-5-2-6-10-16/h1-13H,14H2,(H,26,28). The summed E-state index contributed by atoms with van der Waals surface area (Å²) in [5.41, 5.74) is 3.71. The summed E-state index contributed by atoms with van der Waals surface area (Å²) in [6, 6.07) is 25.3. The normalized spacial score (nSPS) is 10.7. The second-order valence-electron chi connectivity index (χ2n) is 6.36. The number of aromatic nitrogens is 1. The zero-order chi connectivity index (χ0) is 20.9. The number of nitrogens with one attached hydrogen (secondary N) is 1. The van der Waals surface area contributed by atoms with Crippen LogP contribution in [0.4, 0.5) is 5.69 Å². The lowest BCUT2D eigenvalue weighted by molar-refractivity contribution is -0.113. The number of hydrogen-bond donors (Lipinski definition) is 1. The van der Waals surface area contributed by atoms with Crippen molar-refractivity contribution < 1.29 is 4.79 Å². The fraction of sp³-hybridized carbons (Fsp3) is 0.0435. The maximum atomic E-state index is 12.4. The Morgan fingerprint density at radius 1 is 0.900 bits per heavy atom. The Morgan fingerprint density at radius 3 is 2.23 bits per heavy atom. The Kier molecular flexibility index (Phi) is 6.75. The quantitative estimate of drug-likeness (QED) is 0.296. The summed E-state index contributed by atoms with van der Waals surface area (Å²) in [5.74, 6) is 0.118. The highest BCUT2D eigenvalue weighted by molar-refractivity contribution is 8.01. The molecule has 0 fully saturated rings. The van der Waals surface area contributed by atoms with Gasteiger partial charge in [0.25, 0.3) is 0 Å². The molecular weight excluding hydrogens is 455 g/mol. The van der Waals surface area contributed by atoms with Crippen LogP contribution < -0.4 is 5.32 Å². The highest BCUT2D eigenvalue weighted by Gasteiger charge is 2.16. The minimum Gasteiger partial charge on any atom is -0.325 e. The summed E-state index contributed by atoms with van der Waals surface area (Å²) in [7, 11) is 0. The van der Waals surface area contributed by atoms with E-state index in [0.717, 1.165) is 26.0 Å². The number of hydrogen-bond acceptors (Lipinski definition) is 4. The van der Waals surface area contributed by atoms with Crippen molar-refractivity contribution in [2.45, 2.75) is 4.34 Å². The minimum absolute atomic E-state index is 0.129. The third-order valence-electron chi connectivity index (χ3n) is 4.22. The molecule has 0 saturated carbocycles. The first-order valence-electron chi connectivity index (χ1n) is 9.09. The number of halogens is 2.